The first-order valence-corrected chi connectivity index (χ1v) is 7.74. The fraction of sp³-hybridized carbons (Fsp3) is 0.600. The van der Waals surface area contributed by atoms with Gasteiger partial charge >= 0.3 is 0 Å². The molecule has 21 heavy (non-hydrogen) atoms. The third-order valence-corrected chi connectivity index (χ3v) is 3.28. The first-order chi connectivity index (χ1) is 10.1. The molecule has 1 aromatic carbocycles. The molecule has 0 aliphatic carbocycles. The Bertz CT molecular complexity index is 402. The average molecular weight is 316 g/mol. The number of ether oxygens (including phenoxy) is 2. The number of benzene rings is 1. The van der Waals surface area contributed by atoms with E-state index in [0.717, 1.165) is 31.4 Å². The first kappa shape index (κ1) is 17.9. The number of aryl methyl sites for hydroxylation is 1. The number of aromatic hydroxyl groups is 1. The van der Waals surface area contributed by atoms with Gasteiger partial charge in [0.05, 0.1) is 6.61 Å². The fourth-order valence-electron chi connectivity index (χ4n) is 1.89. The number of phenols is 1. The normalized spacial score (nSPS) is 12.2. The van der Waals surface area contributed by atoms with E-state index in [1.165, 1.54) is 6.07 Å². The van der Waals surface area contributed by atoms with Gasteiger partial charge in [0.15, 0.2) is 11.5 Å². The van der Waals surface area contributed by atoms with E-state index in [4.69, 9.17) is 14.6 Å². The largest absolute Gasteiger partial charge is 0.504 e. The lowest BCUT2D eigenvalue weighted by Gasteiger charge is -2.16. The van der Waals surface area contributed by atoms with Crippen molar-refractivity contribution in [2.45, 2.75) is 38.9 Å². The van der Waals surface area contributed by atoms with Crippen LogP contribution in [0.5, 0.6) is 17.2 Å². The van der Waals surface area contributed by atoms with Crippen molar-refractivity contribution in [1.82, 2.24) is 0 Å². The SMILES string of the molecule is Cc1cc(OCCCCCCS)cc(O)c1OC(O)CO. The van der Waals surface area contributed by atoms with Crippen molar-refractivity contribution < 1.29 is 24.8 Å². The predicted octanol–water partition coefficient (Wildman–Crippen LogP) is 2.26. The molecule has 3 N–H and O–H groups in total. The van der Waals surface area contributed by atoms with E-state index in [9.17, 15) is 10.2 Å². The highest BCUT2D eigenvalue weighted by Gasteiger charge is 2.13. The van der Waals surface area contributed by atoms with Gasteiger partial charge in [-0.25, -0.2) is 0 Å². The van der Waals surface area contributed by atoms with Crippen LogP contribution in [-0.2, 0) is 0 Å². The van der Waals surface area contributed by atoms with Gasteiger partial charge in [-0.15, -0.1) is 0 Å². The van der Waals surface area contributed by atoms with Crippen LogP contribution in [0.4, 0.5) is 0 Å². The number of hydrogen-bond donors (Lipinski definition) is 4. The van der Waals surface area contributed by atoms with Crippen LogP contribution >= 0.6 is 12.6 Å². The molecule has 1 rings (SSSR count). The summed E-state index contributed by atoms with van der Waals surface area (Å²) in [6, 6.07) is 3.17. The van der Waals surface area contributed by atoms with Gasteiger partial charge in [-0.1, -0.05) is 12.8 Å². The van der Waals surface area contributed by atoms with Gasteiger partial charge < -0.3 is 24.8 Å². The van der Waals surface area contributed by atoms with Crippen molar-refractivity contribution in [3.05, 3.63) is 17.7 Å². The molecule has 5 nitrogen and oxygen atoms in total. The average Bonchev–Trinajstić information content (AvgIpc) is 2.46. The van der Waals surface area contributed by atoms with Gasteiger partial charge in [-0.05, 0) is 37.1 Å². The molecule has 6 heteroatoms. The van der Waals surface area contributed by atoms with E-state index in [-0.39, 0.29) is 11.5 Å². The molecular weight excluding hydrogens is 292 g/mol. The maximum Gasteiger partial charge on any atom is 0.221 e. The van der Waals surface area contributed by atoms with E-state index in [1.54, 1.807) is 13.0 Å². The van der Waals surface area contributed by atoms with Gasteiger partial charge in [-0.3, -0.25) is 0 Å². The molecule has 120 valence electrons. The fourth-order valence-corrected chi connectivity index (χ4v) is 2.11. The van der Waals surface area contributed by atoms with Gasteiger partial charge in [0, 0.05) is 6.07 Å². The summed E-state index contributed by atoms with van der Waals surface area (Å²) in [7, 11) is 0. The number of hydrogen-bond acceptors (Lipinski definition) is 6. The van der Waals surface area contributed by atoms with Crippen LogP contribution in [0.25, 0.3) is 0 Å². The molecule has 0 bridgehead atoms. The van der Waals surface area contributed by atoms with Crippen LogP contribution in [-0.4, -0.2) is 40.6 Å². The molecule has 1 aromatic rings. The zero-order valence-corrected chi connectivity index (χ0v) is 13.2. The highest BCUT2D eigenvalue weighted by molar-refractivity contribution is 7.80. The number of phenolic OH excluding ortho intramolecular Hbond substituents is 1. The Morgan fingerprint density at radius 3 is 2.52 bits per heavy atom. The van der Waals surface area contributed by atoms with Crippen LogP contribution in [0.1, 0.15) is 31.2 Å². The Morgan fingerprint density at radius 2 is 1.90 bits per heavy atom. The standard InChI is InChI=1S/C15H24O5S/c1-11-8-12(19-6-4-2-3-5-7-21)9-13(17)15(11)20-14(18)10-16/h8-9,14,16-18,21H,2-7,10H2,1H3. The Hall–Kier alpha value is -1.11. The van der Waals surface area contributed by atoms with E-state index in [2.05, 4.69) is 12.6 Å². The van der Waals surface area contributed by atoms with E-state index in [1.807, 2.05) is 0 Å². The highest BCUT2D eigenvalue weighted by Crippen LogP contribution is 2.35. The van der Waals surface area contributed by atoms with Gasteiger partial charge in [0.25, 0.3) is 0 Å². The van der Waals surface area contributed by atoms with Crippen LogP contribution in [0.2, 0.25) is 0 Å². The minimum Gasteiger partial charge on any atom is -0.504 e. The van der Waals surface area contributed by atoms with E-state index >= 15 is 0 Å². The summed E-state index contributed by atoms with van der Waals surface area (Å²) < 4.78 is 10.6. The monoisotopic (exact) mass is 316 g/mol. The number of aliphatic hydroxyl groups is 2. The molecule has 0 heterocycles. The summed E-state index contributed by atoms with van der Waals surface area (Å²) in [6.07, 6.45) is 2.95. The van der Waals surface area contributed by atoms with Crippen molar-refractivity contribution in [3.8, 4) is 17.2 Å². The number of thiol groups is 1. The van der Waals surface area contributed by atoms with E-state index < -0.39 is 12.9 Å². The van der Waals surface area contributed by atoms with Crippen molar-refractivity contribution in [1.29, 1.82) is 0 Å². The van der Waals surface area contributed by atoms with Gasteiger partial charge in [0.2, 0.25) is 6.29 Å². The molecule has 0 radical (unpaired) electrons. The maximum atomic E-state index is 9.88. The summed E-state index contributed by atoms with van der Waals surface area (Å²) in [5.74, 6) is 1.50. The van der Waals surface area contributed by atoms with E-state index in [0.29, 0.717) is 17.9 Å². The third kappa shape index (κ3) is 6.46. The molecule has 0 fully saturated rings. The second kappa shape index (κ2) is 9.76. The molecule has 0 aliphatic rings. The molecule has 0 saturated heterocycles. The molecule has 0 saturated carbocycles. The Morgan fingerprint density at radius 1 is 1.19 bits per heavy atom. The van der Waals surface area contributed by atoms with Crippen molar-refractivity contribution >= 4 is 12.6 Å². The smallest absolute Gasteiger partial charge is 0.221 e. The van der Waals surface area contributed by atoms with Crippen LogP contribution in [0.15, 0.2) is 12.1 Å². The first-order valence-electron chi connectivity index (χ1n) is 7.11. The summed E-state index contributed by atoms with van der Waals surface area (Å²) in [6.45, 7) is 1.78. The quantitative estimate of drug-likeness (QED) is 0.302. The molecule has 0 aromatic heterocycles. The number of rotatable bonds is 10. The van der Waals surface area contributed by atoms with Crippen LogP contribution in [0.3, 0.4) is 0 Å². The number of aliphatic hydroxyl groups excluding tert-OH is 2. The Labute approximate surface area is 130 Å². The second-order valence-electron chi connectivity index (χ2n) is 4.83. The molecule has 1 unspecified atom stereocenters. The third-order valence-electron chi connectivity index (χ3n) is 2.96. The zero-order chi connectivity index (χ0) is 15.7. The molecule has 0 amide bonds. The molecule has 0 aliphatic heterocycles. The predicted molar refractivity (Wildman–Crippen MR) is 84.4 cm³/mol. The second-order valence-corrected chi connectivity index (χ2v) is 5.28. The van der Waals surface area contributed by atoms with Crippen LogP contribution < -0.4 is 9.47 Å². The minimum atomic E-state index is -1.35. The number of unbranched alkanes of at least 4 members (excludes halogenated alkanes) is 3. The maximum absolute atomic E-state index is 9.88. The summed E-state index contributed by atoms with van der Waals surface area (Å²) in [5.41, 5.74) is 0.632. The molecule has 1 atom stereocenters. The summed E-state index contributed by atoms with van der Waals surface area (Å²) in [5, 5.41) is 27.9. The lowest BCUT2D eigenvalue weighted by atomic mass is 10.2. The summed E-state index contributed by atoms with van der Waals surface area (Å²) in [4.78, 5) is 0. The van der Waals surface area contributed by atoms with Gasteiger partial charge in [0.1, 0.15) is 12.4 Å². The molecule has 0 spiro atoms. The minimum absolute atomic E-state index is 0.118. The Kier molecular flexibility index (Phi) is 8.34. The topological polar surface area (TPSA) is 79.2 Å². The van der Waals surface area contributed by atoms with Crippen molar-refractivity contribution in [2.75, 3.05) is 19.0 Å². The van der Waals surface area contributed by atoms with Crippen molar-refractivity contribution in [3.63, 3.8) is 0 Å². The molecular formula is C15H24O5S. The summed E-state index contributed by atoms with van der Waals surface area (Å²) >= 11 is 4.16. The van der Waals surface area contributed by atoms with Gasteiger partial charge in [-0.2, -0.15) is 12.6 Å². The Balaban J connectivity index is 2.50. The van der Waals surface area contributed by atoms with Crippen LogP contribution in [0, 0.1) is 6.92 Å². The lowest BCUT2D eigenvalue weighted by molar-refractivity contribution is -0.0564. The highest BCUT2D eigenvalue weighted by atomic mass is 32.1. The van der Waals surface area contributed by atoms with Crippen molar-refractivity contribution in [2.24, 2.45) is 0 Å². The zero-order valence-electron chi connectivity index (χ0n) is 12.3. The lowest BCUT2D eigenvalue weighted by Crippen LogP contribution is -2.20.